The lowest BCUT2D eigenvalue weighted by Crippen LogP contribution is -2.30. The molecule has 1 aromatic heterocycles. The zero-order valence-electron chi connectivity index (χ0n) is 14.1. The van der Waals surface area contributed by atoms with Gasteiger partial charge in [-0.2, -0.15) is 0 Å². The summed E-state index contributed by atoms with van der Waals surface area (Å²) < 4.78 is 10.6. The van der Waals surface area contributed by atoms with Crippen LogP contribution in [0.3, 0.4) is 0 Å². The Morgan fingerprint density at radius 1 is 1.21 bits per heavy atom. The highest BCUT2D eigenvalue weighted by Crippen LogP contribution is 2.42. The summed E-state index contributed by atoms with van der Waals surface area (Å²) in [5.41, 5.74) is 2.40. The lowest BCUT2D eigenvalue weighted by atomic mass is 10.1. The standard InChI is InChI=1S/C18H21NO3S2/c1-12-7-9-23-17(12)18-19(16(20)11-24-18)8-6-13-4-5-14(21-2)15(10-13)22-3/h4-5,7,9-10,18H,6,8,11H2,1-3H3. The smallest absolute Gasteiger partial charge is 0.233 e. The van der Waals surface area contributed by atoms with Crippen LogP contribution in [0.2, 0.25) is 0 Å². The fourth-order valence-electron chi connectivity index (χ4n) is 2.84. The average molecular weight is 364 g/mol. The van der Waals surface area contributed by atoms with E-state index in [0.717, 1.165) is 23.5 Å². The number of hydrogen-bond donors (Lipinski definition) is 0. The van der Waals surface area contributed by atoms with Crippen molar-refractivity contribution in [2.24, 2.45) is 0 Å². The van der Waals surface area contributed by atoms with E-state index in [4.69, 9.17) is 9.47 Å². The first kappa shape index (κ1) is 17.2. The molecule has 3 rings (SSSR count). The van der Waals surface area contributed by atoms with Crippen LogP contribution < -0.4 is 9.47 Å². The van der Waals surface area contributed by atoms with E-state index in [1.54, 1.807) is 37.3 Å². The van der Waals surface area contributed by atoms with Gasteiger partial charge in [0, 0.05) is 11.4 Å². The molecule has 0 spiro atoms. The van der Waals surface area contributed by atoms with Crippen LogP contribution in [0.1, 0.15) is 21.4 Å². The number of aryl methyl sites for hydroxylation is 1. The van der Waals surface area contributed by atoms with Gasteiger partial charge in [0.25, 0.3) is 0 Å². The van der Waals surface area contributed by atoms with E-state index in [1.807, 2.05) is 23.1 Å². The molecule has 1 aliphatic heterocycles. The lowest BCUT2D eigenvalue weighted by Gasteiger charge is -2.24. The zero-order valence-corrected chi connectivity index (χ0v) is 15.7. The van der Waals surface area contributed by atoms with Gasteiger partial charge in [0.2, 0.25) is 5.91 Å². The molecule has 1 amide bonds. The van der Waals surface area contributed by atoms with E-state index in [2.05, 4.69) is 18.4 Å². The first-order valence-electron chi connectivity index (χ1n) is 7.80. The highest BCUT2D eigenvalue weighted by atomic mass is 32.2. The fourth-order valence-corrected chi connectivity index (χ4v) is 5.33. The Bertz CT molecular complexity index is 729. The van der Waals surface area contributed by atoms with Crippen molar-refractivity contribution in [2.75, 3.05) is 26.5 Å². The minimum atomic E-state index is 0.151. The van der Waals surface area contributed by atoms with Gasteiger partial charge in [-0.05, 0) is 48.1 Å². The van der Waals surface area contributed by atoms with Crippen molar-refractivity contribution in [2.45, 2.75) is 18.7 Å². The predicted octanol–water partition coefficient (Wildman–Crippen LogP) is 3.89. The molecule has 0 saturated carbocycles. The third-order valence-electron chi connectivity index (χ3n) is 4.18. The van der Waals surface area contributed by atoms with Gasteiger partial charge < -0.3 is 14.4 Å². The number of benzene rings is 1. The number of ether oxygens (including phenoxy) is 2. The van der Waals surface area contributed by atoms with E-state index < -0.39 is 0 Å². The Morgan fingerprint density at radius 2 is 2.00 bits per heavy atom. The summed E-state index contributed by atoms with van der Waals surface area (Å²) in [4.78, 5) is 15.6. The third-order valence-corrected chi connectivity index (χ3v) is 6.62. The van der Waals surface area contributed by atoms with Crippen LogP contribution in [0, 0.1) is 6.92 Å². The average Bonchev–Trinajstić information content (AvgIpc) is 3.18. The molecular formula is C18H21NO3S2. The Kier molecular flexibility index (Phi) is 5.36. The van der Waals surface area contributed by atoms with Gasteiger partial charge in [-0.25, -0.2) is 0 Å². The molecule has 0 bridgehead atoms. The largest absolute Gasteiger partial charge is 0.493 e. The van der Waals surface area contributed by atoms with Crippen molar-refractivity contribution in [1.29, 1.82) is 0 Å². The number of methoxy groups -OCH3 is 2. The molecule has 1 aliphatic rings. The molecule has 4 nitrogen and oxygen atoms in total. The van der Waals surface area contributed by atoms with Crippen molar-refractivity contribution in [3.05, 3.63) is 45.6 Å². The van der Waals surface area contributed by atoms with Crippen molar-refractivity contribution in [3.8, 4) is 11.5 Å². The highest BCUT2D eigenvalue weighted by molar-refractivity contribution is 8.00. The van der Waals surface area contributed by atoms with Gasteiger partial charge in [0.15, 0.2) is 11.5 Å². The molecule has 2 aromatic rings. The van der Waals surface area contributed by atoms with E-state index in [0.29, 0.717) is 12.3 Å². The molecule has 0 radical (unpaired) electrons. The number of carbonyl (C=O) groups is 1. The molecule has 1 atom stereocenters. The van der Waals surface area contributed by atoms with Gasteiger partial charge in [-0.3, -0.25) is 4.79 Å². The molecule has 0 N–H and O–H groups in total. The van der Waals surface area contributed by atoms with Gasteiger partial charge in [0.05, 0.1) is 20.0 Å². The summed E-state index contributed by atoms with van der Waals surface area (Å²) in [6.45, 7) is 2.82. The molecule has 1 unspecified atom stereocenters. The predicted molar refractivity (Wildman–Crippen MR) is 99.2 cm³/mol. The number of thiophene rings is 1. The topological polar surface area (TPSA) is 38.8 Å². The summed E-state index contributed by atoms with van der Waals surface area (Å²) in [6, 6.07) is 8.05. The number of amides is 1. The van der Waals surface area contributed by atoms with Crippen molar-refractivity contribution in [3.63, 3.8) is 0 Å². The Labute approximate surface area is 150 Å². The van der Waals surface area contributed by atoms with E-state index in [-0.39, 0.29) is 11.3 Å². The van der Waals surface area contributed by atoms with Crippen molar-refractivity contribution < 1.29 is 14.3 Å². The second kappa shape index (κ2) is 7.49. The molecular weight excluding hydrogens is 342 g/mol. The van der Waals surface area contributed by atoms with Gasteiger partial charge in [-0.15, -0.1) is 23.1 Å². The number of carbonyl (C=O) groups excluding carboxylic acids is 1. The summed E-state index contributed by atoms with van der Waals surface area (Å²) in [5, 5.41) is 2.25. The number of nitrogens with zero attached hydrogens (tertiary/aromatic N) is 1. The zero-order chi connectivity index (χ0) is 17.1. The SMILES string of the molecule is COc1ccc(CCN2C(=O)CSC2c2sccc2C)cc1OC. The number of thioether (sulfide) groups is 1. The molecule has 6 heteroatoms. The summed E-state index contributed by atoms with van der Waals surface area (Å²) in [5.74, 6) is 2.23. The molecule has 24 heavy (non-hydrogen) atoms. The maximum absolute atomic E-state index is 12.3. The highest BCUT2D eigenvalue weighted by Gasteiger charge is 2.33. The second-order valence-electron chi connectivity index (χ2n) is 5.66. The fraction of sp³-hybridized carbons (Fsp3) is 0.389. The molecule has 1 aromatic carbocycles. The van der Waals surface area contributed by atoms with E-state index >= 15 is 0 Å². The molecule has 1 saturated heterocycles. The minimum Gasteiger partial charge on any atom is -0.493 e. The minimum absolute atomic E-state index is 0.151. The molecule has 128 valence electrons. The van der Waals surface area contributed by atoms with Gasteiger partial charge >= 0.3 is 0 Å². The van der Waals surface area contributed by atoms with E-state index in [9.17, 15) is 4.79 Å². The van der Waals surface area contributed by atoms with Gasteiger partial charge in [-0.1, -0.05) is 6.07 Å². The molecule has 1 fully saturated rings. The maximum atomic E-state index is 12.3. The van der Waals surface area contributed by atoms with Gasteiger partial charge in [0.1, 0.15) is 5.37 Å². The quantitative estimate of drug-likeness (QED) is 0.780. The normalized spacial score (nSPS) is 17.4. The third kappa shape index (κ3) is 3.39. The van der Waals surface area contributed by atoms with Crippen LogP contribution in [0.15, 0.2) is 29.6 Å². The lowest BCUT2D eigenvalue weighted by molar-refractivity contribution is -0.127. The van der Waals surface area contributed by atoms with Crippen LogP contribution in [0.4, 0.5) is 0 Å². The first-order valence-corrected chi connectivity index (χ1v) is 9.73. The monoisotopic (exact) mass is 363 g/mol. The van der Waals surface area contributed by atoms with Crippen molar-refractivity contribution in [1.82, 2.24) is 4.90 Å². The number of rotatable bonds is 6. The Balaban J connectivity index is 1.73. The van der Waals surface area contributed by atoms with Crippen LogP contribution in [-0.4, -0.2) is 37.3 Å². The summed E-state index contributed by atoms with van der Waals surface area (Å²) in [7, 11) is 3.27. The Hall–Kier alpha value is -1.66. The molecule has 2 heterocycles. The maximum Gasteiger partial charge on any atom is 0.233 e. The first-order chi connectivity index (χ1) is 11.6. The van der Waals surface area contributed by atoms with Crippen LogP contribution in [0.5, 0.6) is 11.5 Å². The second-order valence-corrected chi connectivity index (χ2v) is 7.67. The summed E-state index contributed by atoms with van der Waals surface area (Å²) in [6.07, 6.45) is 0.799. The summed E-state index contributed by atoms with van der Waals surface area (Å²) >= 11 is 3.46. The van der Waals surface area contributed by atoms with E-state index in [1.165, 1.54) is 10.4 Å². The Morgan fingerprint density at radius 3 is 2.67 bits per heavy atom. The van der Waals surface area contributed by atoms with Crippen LogP contribution in [-0.2, 0) is 11.2 Å². The molecule has 0 aliphatic carbocycles. The number of hydrogen-bond acceptors (Lipinski definition) is 5. The van der Waals surface area contributed by atoms with Crippen molar-refractivity contribution >= 4 is 29.0 Å². The van der Waals surface area contributed by atoms with Crippen LogP contribution in [0.25, 0.3) is 0 Å². The van der Waals surface area contributed by atoms with Crippen LogP contribution >= 0.6 is 23.1 Å².